The Kier molecular flexibility index (Phi) is 7.08. The van der Waals surface area contributed by atoms with Crippen molar-refractivity contribution in [2.45, 2.75) is 19.1 Å². The van der Waals surface area contributed by atoms with Crippen molar-refractivity contribution in [1.29, 1.82) is 0 Å². The van der Waals surface area contributed by atoms with Gasteiger partial charge in [-0.3, -0.25) is 9.78 Å². The number of imidazole rings is 1. The summed E-state index contributed by atoms with van der Waals surface area (Å²) in [5.74, 6) is 0.0178. The number of alkyl halides is 3. The third kappa shape index (κ3) is 5.64. The Hall–Kier alpha value is -3.83. The molecule has 0 unspecified atom stereocenters. The Balaban J connectivity index is 1.61. The van der Waals surface area contributed by atoms with E-state index in [0.29, 0.717) is 47.1 Å². The van der Waals surface area contributed by atoms with E-state index in [0.717, 1.165) is 12.1 Å². The van der Waals surface area contributed by atoms with Crippen molar-refractivity contribution in [2.75, 3.05) is 11.9 Å². The molecule has 0 atom stereocenters. The highest BCUT2D eigenvalue weighted by Gasteiger charge is 2.30. The molecule has 0 spiro atoms. The smallest absolute Gasteiger partial charge is 0.396 e. The maximum Gasteiger partial charge on any atom is 0.416 e. The van der Waals surface area contributed by atoms with Crippen LogP contribution in [0.1, 0.15) is 33.9 Å². The summed E-state index contributed by atoms with van der Waals surface area (Å²) in [7, 11) is 0. The second kappa shape index (κ2) is 10.2. The highest BCUT2D eigenvalue weighted by molar-refractivity contribution is 7.07. The molecule has 0 radical (unpaired) electrons. The maximum atomic E-state index is 13.2. The van der Waals surface area contributed by atoms with Gasteiger partial charge >= 0.3 is 6.18 Å². The van der Waals surface area contributed by atoms with Gasteiger partial charge in [0.05, 0.1) is 28.7 Å². The zero-order valence-corrected chi connectivity index (χ0v) is 19.1. The molecule has 0 aliphatic heterocycles. The van der Waals surface area contributed by atoms with Crippen LogP contribution in [-0.4, -0.2) is 37.1 Å². The molecule has 7 nitrogen and oxygen atoms in total. The van der Waals surface area contributed by atoms with Gasteiger partial charge in [-0.2, -0.15) is 13.2 Å². The average molecular weight is 500 g/mol. The number of anilines is 1. The number of aliphatic hydroxyl groups excluding tert-OH is 1. The highest BCUT2D eigenvalue weighted by Crippen LogP contribution is 2.32. The van der Waals surface area contributed by atoms with Crippen LogP contribution in [0.5, 0.6) is 0 Å². The molecular weight excluding hydrogens is 479 g/mol. The Labute approximate surface area is 202 Å². The van der Waals surface area contributed by atoms with E-state index < -0.39 is 11.7 Å². The fraction of sp³-hybridized carbons (Fsp3) is 0.167. The van der Waals surface area contributed by atoms with E-state index in [1.54, 1.807) is 39.9 Å². The lowest BCUT2D eigenvalue weighted by Gasteiger charge is -2.12. The Morgan fingerprint density at radius 1 is 1.17 bits per heavy atom. The number of thiazole rings is 1. The summed E-state index contributed by atoms with van der Waals surface area (Å²) in [4.78, 5) is 25.1. The summed E-state index contributed by atoms with van der Waals surface area (Å²) in [5.41, 5.74) is 3.14. The minimum absolute atomic E-state index is 0.0609. The quantitative estimate of drug-likeness (QED) is 0.351. The molecule has 0 aliphatic carbocycles. The molecule has 0 bridgehead atoms. The van der Waals surface area contributed by atoms with Gasteiger partial charge in [-0.25, -0.2) is 9.97 Å². The van der Waals surface area contributed by atoms with Gasteiger partial charge in [0.1, 0.15) is 17.2 Å². The summed E-state index contributed by atoms with van der Waals surface area (Å²) >= 11 is 1.31. The van der Waals surface area contributed by atoms with Crippen molar-refractivity contribution in [1.82, 2.24) is 19.5 Å². The number of aromatic nitrogens is 4. The van der Waals surface area contributed by atoms with E-state index in [1.807, 2.05) is 0 Å². The van der Waals surface area contributed by atoms with Crippen molar-refractivity contribution in [2.24, 2.45) is 0 Å². The van der Waals surface area contributed by atoms with Crippen molar-refractivity contribution in [3.05, 3.63) is 88.9 Å². The first-order chi connectivity index (χ1) is 16.8. The number of hydrogen-bond donors (Lipinski definition) is 2. The largest absolute Gasteiger partial charge is 0.416 e. The number of rotatable bonds is 8. The number of hydrogen-bond acceptors (Lipinski definition) is 6. The molecule has 0 saturated heterocycles. The van der Waals surface area contributed by atoms with Gasteiger partial charge in [0.2, 0.25) is 0 Å². The van der Waals surface area contributed by atoms with Gasteiger partial charge in [-0.05, 0) is 36.2 Å². The number of nitrogens with one attached hydrogen (secondary N) is 1. The predicted molar refractivity (Wildman–Crippen MR) is 127 cm³/mol. The normalized spacial score (nSPS) is 11.4. The van der Waals surface area contributed by atoms with Crippen LogP contribution >= 0.6 is 11.3 Å². The number of carbonyl (C=O) groups excluding carboxylic acids is 1. The van der Waals surface area contributed by atoms with Crippen LogP contribution in [0.3, 0.4) is 0 Å². The van der Waals surface area contributed by atoms with E-state index in [2.05, 4.69) is 26.8 Å². The second-order valence-electron chi connectivity index (χ2n) is 7.54. The van der Waals surface area contributed by atoms with Gasteiger partial charge in [0, 0.05) is 30.3 Å². The second-order valence-corrected chi connectivity index (χ2v) is 8.26. The maximum absolute atomic E-state index is 13.2. The Morgan fingerprint density at radius 3 is 2.66 bits per heavy atom. The molecule has 0 aliphatic rings. The van der Waals surface area contributed by atoms with Crippen molar-refractivity contribution < 1.29 is 23.1 Å². The number of halogens is 3. The lowest BCUT2D eigenvalue weighted by Crippen LogP contribution is -2.12. The zero-order chi connectivity index (χ0) is 25.0. The van der Waals surface area contributed by atoms with Crippen LogP contribution in [-0.2, 0) is 12.7 Å². The molecule has 35 heavy (non-hydrogen) atoms. The molecule has 4 aromatic rings. The van der Waals surface area contributed by atoms with Crippen molar-refractivity contribution in [3.63, 3.8) is 0 Å². The van der Waals surface area contributed by atoms with Gasteiger partial charge < -0.3 is 15.0 Å². The first-order valence-corrected chi connectivity index (χ1v) is 11.4. The summed E-state index contributed by atoms with van der Waals surface area (Å²) in [6, 6.07) is 8.24. The van der Waals surface area contributed by atoms with Crippen molar-refractivity contribution in [3.8, 4) is 11.4 Å². The standard InChI is InChI=1S/C24H20F3N5O2S/c1-15(16-4-2-5-17(10-16)24(25,26)27)22-31-20(12-32(22)8-3-9-33)19-7-6-18(11-28-19)30-23(34)21-13-35-14-29-21/h2,4-7,10-14,33H,1,3,8-9H2,(H,30,34). The molecule has 180 valence electrons. The minimum atomic E-state index is -4.48. The van der Waals surface area contributed by atoms with Gasteiger partial charge in [0.25, 0.3) is 5.91 Å². The number of amides is 1. The van der Waals surface area contributed by atoms with Gasteiger partial charge in [-0.1, -0.05) is 18.7 Å². The van der Waals surface area contributed by atoms with Crippen LogP contribution < -0.4 is 5.32 Å². The van der Waals surface area contributed by atoms with Gasteiger partial charge in [-0.15, -0.1) is 11.3 Å². The minimum Gasteiger partial charge on any atom is -0.396 e. The number of pyridine rings is 1. The Morgan fingerprint density at radius 2 is 2.00 bits per heavy atom. The molecule has 1 aromatic carbocycles. The lowest BCUT2D eigenvalue weighted by molar-refractivity contribution is -0.137. The summed E-state index contributed by atoms with van der Waals surface area (Å²) < 4.78 is 41.3. The van der Waals surface area contributed by atoms with E-state index in [1.165, 1.54) is 23.6 Å². The highest BCUT2D eigenvalue weighted by atomic mass is 32.1. The molecular formula is C24H20F3N5O2S. The van der Waals surface area contributed by atoms with Gasteiger partial charge in [0.15, 0.2) is 0 Å². The third-order valence-corrected chi connectivity index (χ3v) is 5.68. The van der Waals surface area contributed by atoms with Crippen LogP contribution in [0.15, 0.2) is 66.3 Å². The van der Waals surface area contributed by atoms with E-state index in [9.17, 15) is 23.1 Å². The fourth-order valence-corrected chi connectivity index (χ4v) is 3.88. The fourth-order valence-electron chi connectivity index (χ4n) is 3.34. The number of nitrogens with zero attached hydrogens (tertiary/aromatic N) is 4. The first kappa shape index (κ1) is 24.3. The lowest BCUT2D eigenvalue weighted by atomic mass is 10.0. The monoisotopic (exact) mass is 499 g/mol. The van der Waals surface area contributed by atoms with Crippen molar-refractivity contribution >= 4 is 28.5 Å². The van der Waals surface area contributed by atoms with Crippen LogP contribution in [0.4, 0.5) is 18.9 Å². The molecule has 0 saturated carbocycles. The molecule has 2 N–H and O–H groups in total. The van der Waals surface area contributed by atoms with Crippen LogP contribution in [0, 0.1) is 0 Å². The summed E-state index contributed by atoms with van der Waals surface area (Å²) in [6.07, 6.45) is -0.866. The summed E-state index contributed by atoms with van der Waals surface area (Å²) in [6.45, 7) is 4.31. The Bertz CT molecular complexity index is 1330. The molecule has 3 aromatic heterocycles. The number of benzene rings is 1. The molecule has 11 heteroatoms. The van der Waals surface area contributed by atoms with E-state index >= 15 is 0 Å². The average Bonchev–Trinajstić information content (AvgIpc) is 3.53. The molecule has 4 rings (SSSR count). The first-order valence-electron chi connectivity index (χ1n) is 10.5. The molecule has 0 fully saturated rings. The number of aliphatic hydroxyl groups is 1. The van der Waals surface area contributed by atoms with E-state index in [-0.39, 0.29) is 18.1 Å². The van der Waals surface area contributed by atoms with E-state index in [4.69, 9.17) is 0 Å². The zero-order valence-electron chi connectivity index (χ0n) is 18.3. The van der Waals surface area contributed by atoms with Crippen LogP contribution in [0.25, 0.3) is 17.0 Å². The molecule has 1 amide bonds. The third-order valence-electron chi connectivity index (χ3n) is 5.09. The predicted octanol–water partition coefficient (Wildman–Crippen LogP) is 5.12. The molecule has 3 heterocycles. The number of carbonyl (C=O) groups is 1. The van der Waals surface area contributed by atoms with Crippen LogP contribution in [0.2, 0.25) is 0 Å². The summed E-state index contributed by atoms with van der Waals surface area (Å²) in [5, 5.41) is 13.6. The number of aryl methyl sites for hydroxylation is 1. The topological polar surface area (TPSA) is 92.9 Å². The SMILES string of the molecule is C=C(c1cccc(C(F)(F)F)c1)c1nc(-c2ccc(NC(=O)c3cscn3)cn2)cn1CCCO.